The molecule has 1 N–H and O–H groups in total. The molecule has 0 fully saturated rings. The van der Waals surface area contributed by atoms with Crippen LogP contribution in [0.5, 0.6) is 5.75 Å². The topological polar surface area (TPSA) is 75.7 Å². The Bertz CT molecular complexity index is 992. The standard InChI is InChI=1S/C21H26Cl2N2O4S/c1-5-19(25(30(4,27)28)18-12-16(22)11-17(23)13-18)21(26)24-8-9-29-20-10-14(2)6-7-15(20)3/h6-7,10-13,19H,5,8-9H2,1-4H3,(H,24,26). The number of sulfonamides is 1. The highest BCUT2D eigenvalue weighted by Crippen LogP contribution is 2.29. The Morgan fingerprint density at radius 2 is 1.77 bits per heavy atom. The number of nitrogens with one attached hydrogen (secondary N) is 1. The second-order valence-electron chi connectivity index (χ2n) is 7.02. The lowest BCUT2D eigenvalue weighted by Crippen LogP contribution is -2.50. The summed E-state index contributed by atoms with van der Waals surface area (Å²) in [7, 11) is -3.77. The van der Waals surface area contributed by atoms with E-state index in [0.717, 1.165) is 27.4 Å². The van der Waals surface area contributed by atoms with Crippen molar-refractivity contribution >= 4 is 44.8 Å². The molecule has 0 aromatic heterocycles. The minimum atomic E-state index is -3.77. The van der Waals surface area contributed by atoms with Crippen LogP contribution in [0.1, 0.15) is 24.5 Å². The first-order chi connectivity index (χ1) is 14.0. The van der Waals surface area contributed by atoms with Gasteiger partial charge < -0.3 is 10.1 Å². The fraction of sp³-hybridized carbons (Fsp3) is 0.381. The molecule has 2 rings (SSSR count). The number of benzene rings is 2. The second kappa shape index (κ2) is 10.4. The molecule has 2 aromatic carbocycles. The average Bonchev–Trinajstić information content (AvgIpc) is 2.63. The van der Waals surface area contributed by atoms with Crippen molar-refractivity contribution in [2.45, 2.75) is 33.2 Å². The summed E-state index contributed by atoms with van der Waals surface area (Å²) in [5.41, 5.74) is 2.32. The van der Waals surface area contributed by atoms with Crippen molar-refractivity contribution in [3.8, 4) is 5.75 Å². The molecule has 0 heterocycles. The van der Waals surface area contributed by atoms with Crippen molar-refractivity contribution in [2.75, 3.05) is 23.7 Å². The van der Waals surface area contributed by atoms with Crippen LogP contribution in [0.4, 0.5) is 5.69 Å². The first-order valence-corrected chi connectivity index (χ1v) is 12.1. The average molecular weight is 473 g/mol. The van der Waals surface area contributed by atoms with Gasteiger partial charge in [0.05, 0.1) is 18.5 Å². The maximum absolute atomic E-state index is 12.8. The molecule has 0 spiro atoms. The number of anilines is 1. The minimum Gasteiger partial charge on any atom is -0.491 e. The lowest BCUT2D eigenvalue weighted by molar-refractivity contribution is -0.122. The summed E-state index contributed by atoms with van der Waals surface area (Å²) in [4.78, 5) is 12.8. The maximum atomic E-state index is 12.8. The van der Waals surface area contributed by atoms with E-state index in [2.05, 4.69) is 5.32 Å². The normalized spacial score (nSPS) is 12.3. The summed E-state index contributed by atoms with van der Waals surface area (Å²) in [6, 6.07) is 9.38. The molecule has 9 heteroatoms. The molecule has 0 saturated carbocycles. The highest BCUT2D eigenvalue weighted by Gasteiger charge is 2.31. The number of rotatable bonds is 9. The zero-order chi connectivity index (χ0) is 22.5. The smallest absolute Gasteiger partial charge is 0.244 e. The maximum Gasteiger partial charge on any atom is 0.244 e. The highest BCUT2D eigenvalue weighted by molar-refractivity contribution is 7.92. The van der Waals surface area contributed by atoms with Gasteiger partial charge in [0.2, 0.25) is 15.9 Å². The molecule has 0 aliphatic rings. The monoisotopic (exact) mass is 472 g/mol. The highest BCUT2D eigenvalue weighted by atomic mass is 35.5. The molecular formula is C21H26Cl2N2O4S. The Kier molecular flexibility index (Phi) is 8.41. The van der Waals surface area contributed by atoms with Crippen molar-refractivity contribution in [1.29, 1.82) is 0 Å². The van der Waals surface area contributed by atoms with Gasteiger partial charge in [0.1, 0.15) is 18.4 Å². The van der Waals surface area contributed by atoms with Gasteiger partial charge in [0, 0.05) is 10.0 Å². The Hall–Kier alpha value is -1.96. The molecule has 1 unspecified atom stereocenters. The Balaban J connectivity index is 2.11. The Labute approximate surface area is 188 Å². The van der Waals surface area contributed by atoms with E-state index in [4.69, 9.17) is 27.9 Å². The van der Waals surface area contributed by atoms with Crippen LogP contribution in [0.2, 0.25) is 10.0 Å². The molecule has 0 aliphatic heterocycles. The van der Waals surface area contributed by atoms with Gasteiger partial charge in [-0.3, -0.25) is 9.10 Å². The van der Waals surface area contributed by atoms with Crippen molar-refractivity contribution in [3.63, 3.8) is 0 Å². The fourth-order valence-electron chi connectivity index (χ4n) is 3.04. The van der Waals surface area contributed by atoms with Crippen LogP contribution >= 0.6 is 23.2 Å². The van der Waals surface area contributed by atoms with E-state index in [1.165, 1.54) is 18.2 Å². The molecule has 0 radical (unpaired) electrons. The molecule has 0 bridgehead atoms. The van der Waals surface area contributed by atoms with E-state index in [-0.39, 0.29) is 35.3 Å². The second-order valence-corrected chi connectivity index (χ2v) is 9.75. The van der Waals surface area contributed by atoms with Gasteiger partial charge in [-0.25, -0.2) is 8.42 Å². The largest absolute Gasteiger partial charge is 0.491 e. The molecule has 30 heavy (non-hydrogen) atoms. The van der Waals surface area contributed by atoms with Gasteiger partial charge in [-0.15, -0.1) is 0 Å². The van der Waals surface area contributed by atoms with E-state index >= 15 is 0 Å². The summed E-state index contributed by atoms with van der Waals surface area (Å²) in [6.45, 7) is 6.15. The fourth-order valence-corrected chi connectivity index (χ4v) is 4.75. The molecular weight excluding hydrogens is 447 g/mol. The Morgan fingerprint density at radius 3 is 2.33 bits per heavy atom. The summed E-state index contributed by atoms with van der Waals surface area (Å²) in [5.74, 6) is 0.325. The number of carbonyl (C=O) groups excluding carboxylic acids is 1. The third kappa shape index (κ3) is 6.52. The van der Waals surface area contributed by atoms with Crippen LogP contribution in [0.3, 0.4) is 0 Å². The summed E-state index contributed by atoms with van der Waals surface area (Å²) >= 11 is 12.1. The molecule has 0 saturated heterocycles. The Morgan fingerprint density at radius 1 is 1.13 bits per heavy atom. The predicted octanol–water partition coefficient (Wildman–Crippen LogP) is 4.35. The van der Waals surface area contributed by atoms with Crippen molar-refractivity contribution in [2.24, 2.45) is 0 Å². The number of carbonyl (C=O) groups is 1. The number of ether oxygens (including phenoxy) is 1. The predicted molar refractivity (Wildman–Crippen MR) is 122 cm³/mol. The minimum absolute atomic E-state index is 0.233. The zero-order valence-electron chi connectivity index (χ0n) is 17.4. The molecule has 0 aliphatic carbocycles. The number of nitrogens with zero attached hydrogens (tertiary/aromatic N) is 1. The van der Waals surface area contributed by atoms with Crippen LogP contribution in [-0.4, -0.2) is 39.8 Å². The van der Waals surface area contributed by atoms with Gasteiger partial charge in [-0.2, -0.15) is 0 Å². The van der Waals surface area contributed by atoms with Crippen LogP contribution in [-0.2, 0) is 14.8 Å². The summed E-state index contributed by atoms with van der Waals surface area (Å²) in [6.07, 6.45) is 1.31. The SMILES string of the molecule is CCC(C(=O)NCCOc1cc(C)ccc1C)N(c1cc(Cl)cc(Cl)c1)S(C)(=O)=O. The van der Waals surface area contributed by atoms with Gasteiger partial charge in [-0.05, 0) is 55.7 Å². The number of amides is 1. The van der Waals surface area contributed by atoms with Crippen LogP contribution < -0.4 is 14.4 Å². The quantitative estimate of drug-likeness (QED) is 0.550. The van der Waals surface area contributed by atoms with Crippen LogP contribution in [0.15, 0.2) is 36.4 Å². The number of hydrogen-bond acceptors (Lipinski definition) is 4. The third-order valence-corrected chi connectivity index (χ3v) is 6.05. The van der Waals surface area contributed by atoms with E-state index in [9.17, 15) is 13.2 Å². The zero-order valence-corrected chi connectivity index (χ0v) is 19.7. The lowest BCUT2D eigenvalue weighted by Gasteiger charge is -2.30. The lowest BCUT2D eigenvalue weighted by atomic mass is 10.1. The van der Waals surface area contributed by atoms with Crippen molar-refractivity contribution < 1.29 is 17.9 Å². The third-order valence-electron chi connectivity index (χ3n) is 4.43. The van der Waals surface area contributed by atoms with Gasteiger partial charge in [0.15, 0.2) is 0 Å². The molecule has 1 amide bonds. The molecule has 2 aromatic rings. The number of aryl methyl sites for hydroxylation is 2. The summed E-state index contributed by atoms with van der Waals surface area (Å²) < 4.78 is 31.7. The summed E-state index contributed by atoms with van der Waals surface area (Å²) in [5, 5.41) is 3.32. The van der Waals surface area contributed by atoms with Crippen molar-refractivity contribution in [3.05, 3.63) is 57.6 Å². The number of halogens is 2. The van der Waals surface area contributed by atoms with E-state index in [0.29, 0.717) is 0 Å². The number of hydrogen-bond donors (Lipinski definition) is 1. The van der Waals surface area contributed by atoms with Crippen LogP contribution in [0, 0.1) is 13.8 Å². The first kappa shape index (κ1) is 24.3. The molecule has 164 valence electrons. The molecule has 6 nitrogen and oxygen atoms in total. The van der Waals surface area contributed by atoms with Gasteiger partial charge >= 0.3 is 0 Å². The van der Waals surface area contributed by atoms with Crippen LogP contribution in [0.25, 0.3) is 0 Å². The van der Waals surface area contributed by atoms with E-state index in [1.54, 1.807) is 6.92 Å². The molecule has 1 atom stereocenters. The van der Waals surface area contributed by atoms with E-state index in [1.807, 2.05) is 32.0 Å². The van der Waals surface area contributed by atoms with Crippen molar-refractivity contribution in [1.82, 2.24) is 5.32 Å². The first-order valence-electron chi connectivity index (χ1n) is 9.46. The van der Waals surface area contributed by atoms with Gasteiger partial charge in [-0.1, -0.05) is 42.3 Å². The van der Waals surface area contributed by atoms with Gasteiger partial charge in [0.25, 0.3) is 0 Å². The van der Waals surface area contributed by atoms with E-state index < -0.39 is 22.0 Å².